The maximum Gasteiger partial charge on any atom is 0.239 e. The molecular weight excluding hydrogens is 230 g/mol. The third kappa shape index (κ3) is 8.98. The van der Waals surface area contributed by atoms with Crippen molar-refractivity contribution in [1.82, 2.24) is 10.2 Å². The highest BCUT2D eigenvalue weighted by atomic mass is 16.2. The summed E-state index contributed by atoms with van der Waals surface area (Å²) >= 11 is 0. The lowest BCUT2D eigenvalue weighted by molar-refractivity contribution is -0.134. The van der Waals surface area contributed by atoms with Crippen molar-refractivity contribution < 1.29 is 9.59 Å². The van der Waals surface area contributed by atoms with Crippen molar-refractivity contribution in [2.45, 2.75) is 45.4 Å². The van der Waals surface area contributed by atoms with Gasteiger partial charge >= 0.3 is 0 Å². The van der Waals surface area contributed by atoms with Crippen LogP contribution in [0.25, 0.3) is 0 Å². The number of nitrogens with two attached hydrogens (primary N) is 1. The topological polar surface area (TPSA) is 75.4 Å². The van der Waals surface area contributed by atoms with Crippen LogP contribution >= 0.6 is 0 Å². The van der Waals surface area contributed by atoms with Gasteiger partial charge in [-0.15, -0.1) is 0 Å². The second kappa shape index (κ2) is 11.0. The monoisotopic (exact) mass is 257 g/mol. The summed E-state index contributed by atoms with van der Waals surface area (Å²) in [6.07, 6.45) is 5.42. The SMILES string of the molecule is CCCNC(=O)CN(C)C(=O)CCCCCCN. The Labute approximate surface area is 110 Å². The third-order valence-electron chi connectivity index (χ3n) is 2.72. The van der Waals surface area contributed by atoms with Gasteiger partial charge in [0.05, 0.1) is 6.54 Å². The lowest BCUT2D eigenvalue weighted by Gasteiger charge is -2.16. The fourth-order valence-corrected chi connectivity index (χ4v) is 1.59. The van der Waals surface area contributed by atoms with Crippen LogP contribution in [0, 0.1) is 0 Å². The molecule has 0 rings (SSSR count). The van der Waals surface area contributed by atoms with Gasteiger partial charge in [-0.2, -0.15) is 0 Å². The van der Waals surface area contributed by atoms with Crippen LogP contribution in [0.3, 0.4) is 0 Å². The van der Waals surface area contributed by atoms with Crippen LogP contribution in [-0.2, 0) is 9.59 Å². The molecule has 0 heterocycles. The van der Waals surface area contributed by atoms with Gasteiger partial charge in [0.1, 0.15) is 0 Å². The molecule has 0 aromatic heterocycles. The second-order valence-corrected chi connectivity index (χ2v) is 4.55. The van der Waals surface area contributed by atoms with Gasteiger partial charge in [0.15, 0.2) is 0 Å². The fourth-order valence-electron chi connectivity index (χ4n) is 1.59. The molecule has 0 fully saturated rings. The van der Waals surface area contributed by atoms with E-state index in [-0.39, 0.29) is 18.4 Å². The van der Waals surface area contributed by atoms with E-state index in [1.54, 1.807) is 7.05 Å². The van der Waals surface area contributed by atoms with E-state index in [1.165, 1.54) is 4.90 Å². The molecule has 5 heteroatoms. The first-order valence-corrected chi connectivity index (χ1v) is 6.82. The molecule has 0 bridgehead atoms. The molecule has 0 saturated heterocycles. The van der Waals surface area contributed by atoms with E-state index in [0.29, 0.717) is 19.5 Å². The molecule has 0 unspecified atom stereocenters. The number of hydrogen-bond donors (Lipinski definition) is 2. The standard InChI is InChI=1S/C13H27N3O2/c1-3-10-15-12(17)11-16(2)13(18)8-6-4-5-7-9-14/h3-11,14H2,1-2H3,(H,15,17). The van der Waals surface area contributed by atoms with Crippen LogP contribution in [-0.4, -0.2) is 43.4 Å². The van der Waals surface area contributed by atoms with E-state index in [0.717, 1.165) is 32.1 Å². The van der Waals surface area contributed by atoms with Crippen molar-refractivity contribution in [1.29, 1.82) is 0 Å². The van der Waals surface area contributed by atoms with Crippen molar-refractivity contribution in [2.24, 2.45) is 5.73 Å². The minimum absolute atomic E-state index is 0.0365. The molecule has 0 radical (unpaired) electrons. The number of unbranched alkanes of at least 4 members (excludes halogenated alkanes) is 3. The van der Waals surface area contributed by atoms with Gasteiger partial charge in [-0.3, -0.25) is 9.59 Å². The smallest absolute Gasteiger partial charge is 0.239 e. The van der Waals surface area contributed by atoms with Crippen LogP contribution in [0.2, 0.25) is 0 Å². The summed E-state index contributed by atoms with van der Waals surface area (Å²) in [5, 5.41) is 2.76. The summed E-state index contributed by atoms with van der Waals surface area (Å²) < 4.78 is 0. The second-order valence-electron chi connectivity index (χ2n) is 4.55. The normalized spacial score (nSPS) is 10.2. The summed E-state index contributed by atoms with van der Waals surface area (Å²) in [6, 6.07) is 0. The first-order chi connectivity index (χ1) is 8.61. The molecule has 0 aromatic carbocycles. The molecule has 3 N–H and O–H groups in total. The summed E-state index contributed by atoms with van der Waals surface area (Å²) in [5.74, 6) is -0.0507. The van der Waals surface area contributed by atoms with Crippen molar-refractivity contribution >= 4 is 11.8 Å². The third-order valence-corrected chi connectivity index (χ3v) is 2.72. The van der Waals surface area contributed by atoms with Crippen molar-refractivity contribution in [3.8, 4) is 0 Å². The van der Waals surface area contributed by atoms with E-state index in [2.05, 4.69) is 5.32 Å². The number of hydrogen-bond acceptors (Lipinski definition) is 3. The zero-order valence-electron chi connectivity index (χ0n) is 11.7. The van der Waals surface area contributed by atoms with Crippen molar-refractivity contribution in [3.05, 3.63) is 0 Å². The van der Waals surface area contributed by atoms with Gasteiger partial charge in [0, 0.05) is 20.0 Å². The highest BCUT2D eigenvalue weighted by Crippen LogP contribution is 2.04. The van der Waals surface area contributed by atoms with Crippen molar-refractivity contribution in [3.63, 3.8) is 0 Å². The van der Waals surface area contributed by atoms with Crippen LogP contribution in [0.15, 0.2) is 0 Å². The van der Waals surface area contributed by atoms with Gasteiger partial charge in [-0.05, 0) is 25.8 Å². The Hall–Kier alpha value is -1.10. The Balaban J connectivity index is 3.65. The molecular formula is C13H27N3O2. The van der Waals surface area contributed by atoms with E-state index in [1.807, 2.05) is 6.92 Å². The zero-order valence-corrected chi connectivity index (χ0v) is 11.7. The highest BCUT2D eigenvalue weighted by molar-refractivity contribution is 5.84. The lowest BCUT2D eigenvalue weighted by Crippen LogP contribution is -2.38. The summed E-state index contributed by atoms with van der Waals surface area (Å²) in [5.41, 5.74) is 5.39. The van der Waals surface area contributed by atoms with Gasteiger partial charge in [0.2, 0.25) is 11.8 Å². The first kappa shape index (κ1) is 16.9. The number of carbonyl (C=O) groups is 2. The number of amides is 2. The summed E-state index contributed by atoms with van der Waals surface area (Å²) in [7, 11) is 1.67. The predicted molar refractivity (Wildman–Crippen MR) is 73.1 cm³/mol. The molecule has 2 amide bonds. The number of likely N-dealkylation sites (N-methyl/N-ethyl adjacent to an activating group) is 1. The maximum atomic E-state index is 11.7. The number of nitrogens with one attached hydrogen (secondary N) is 1. The molecule has 0 aliphatic rings. The molecule has 0 atom stereocenters. The number of nitrogens with zero attached hydrogens (tertiary/aromatic N) is 1. The van der Waals surface area contributed by atoms with Gasteiger partial charge < -0.3 is 16.0 Å². The summed E-state index contributed by atoms with van der Waals surface area (Å²) in [6.45, 7) is 3.53. The Bertz CT molecular complexity index is 244. The molecule has 0 aliphatic carbocycles. The van der Waals surface area contributed by atoms with E-state index in [4.69, 9.17) is 5.73 Å². The Morgan fingerprint density at radius 1 is 1.17 bits per heavy atom. The van der Waals surface area contributed by atoms with E-state index < -0.39 is 0 Å². The molecule has 0 aliphatic heterocycles. The Kier molecular flexibility index (Phi) is 10.3. The quantitative estimate of drug-likeness (QED) is 0.570. The fraction of sp³-hybridized carbons (Fsp3) is 0.846. The predicted octanol–water partition coefficient (Wildman–Crippen LogP) is 0.880. The minimum atomic E-state index is -0.0872. The van der Waals surface area contributed by atoms with Gasteiger partial charge in [-0.25, -0.2) is 0 Å². The van der Waals surface area contributed by atoms with Gasteiger partial charge in [0.25, 0.3) is 0 Å². The average Bonchev–Trinajstić information content (AvgIpc) is 2.35. The Morgan fingerprint density at radius 3 is 2.44 bits per heavy atom. The molecule has 0 aromatic rings. The molecule has 18 heavy (non-hydrogen) atoms. The molecule has 5 nitrogen and oxygen atoms in total. The lowest BCUT2D eigenvalue weighted by atomic mass is 10.1. The molecule has 106 valence electrons. The largest absolute Gasteiger partial charge is 0.355 e. The first-order valence-electron chi connectivity index (χ1n) is 6.82. The van der Waals surface area contributed by atoms with Crippen LogP contribution in [0.4, 0.5) is 0 Å². The average molecular weight is 257 g/mol. The van der Waals surface area contributed by atoms with Crippen LogP contribution in [0.5, 0.6) is 0 Å². The van der Waals surface area contributed by atoms with E-state index >= 15 is 0 Å². The summed E-state index contributed by atoms with van der Waals surface area (Å²) in [4.78, 5) is 24.6. The number of rotatable bonds is 10. The van der Waals surface area contributed by atoms with Crippen LogP contribution in [0.1, 0.15) is 45.4 Å². The van der Waals surface area contributed by atoms with Crippen molar-refractivity contribution in [2.75, 3.05) is 26.7 Å². The van der Waals surface area contributed by atoms with Crippen LogP contribution < -0.4 is 11.1 Å². The minimum Gasteiger partial charge on any atom is -0.355 e. The van der Waals surface area contributed by atoms with Gasteiger partial charge in [-0.1, -0.05) is 19.8 Å². The maximum absolute atomic E-state index is 11.7. The zero-order chi connectivity index (χ0) is 13.8. The Morgan fingerprint density at radius 2 is 1.83 bits per heavy atom. The molecule has 0 saturated carbocycles. The molecule has 0 spiro atoms. The highest BCUT2D eigenvalue weighted by Gasteiger charge is 2.11. The van der Waals surface area contributed by atoms with E-state index in [9.17, 15) is 9.59 Å². The number of carbonyl (C=O) groups excluding carboxylic acids is 2.